The second-order valence-corrected chi connectivity index (χ2v) is 9.25. The molecule has 1 N–H and O–H groups in total. The van der Waals surface area contributed by atoms with E-state index in [0.717, 1.165) is 20.2 Å². The van der Waals surface area contributed by atoms with Crippen LogP contribution in [0.3, 0.4) is 0 Å². The van der Waals surface area contributed by atoms with Crippen LogP contribution in [0.4, 0.5) is 0 Å². The molecule has 3 aromatic rings. The summed E-state index contributed by atoms with van der Waals surface area (Å²) in [5.41, 5.74) is 0. The second kappa shape index (κ2) is 8.70. The van der Waals surface area contributed by atoms with Gasteiger partial charge in [0, 0.05) is 10.6 Å². The highest BCUT2D eigenvalue weighted by atomic mass is 32.2. The molecule has 126 valence electrons. The van der Waals surface area contributed by atoms with Gasteiger partial charge < -0.3 is 9.73 Å². The summed E-state index contributed by atoms with van der Waals surface area (Å²) >= 11 is 6.34. The van der Waals surface area contributed by atoms with Gasteiger partial charge in [0.1, 0.15) is 5.76 Å². The Kier molecular flexibility index (Phi) is 6.36. The Labute approximate surface area is 156 Å². The number of amides is 1. The minimum Gasteiger partial charge on any atom is -0.467 e. The molecule has 3 heterocycles. The monoisotopic (exact) mass is 397 g/mol. The maximum atomic E-state index is 12.0. The van der Waals surface area contributed by atoms with Crippen LogP contribution in [0.25, 0.3) is 0 Å². The molecule has 1 unspecified atom stereocenters. The number of aromatic nitrogens is 2. The topological polar surface area (TPSA) is 68.0 Å². The first-order valence-electron chi connectivity index (χ1n) is 7.15. The molecule has 0 aliphatic rings. The van der Waals surface area contributed by atoms with E-state index >= 15 is 0 Å². The van der Waals surface area contributed by atoms with Gasteiger partial charge in [0.25, 0.3) is 0 Å². The van der Waals surface area contributed by atoms with Crippen molar-refractivity contribution in [2.24, 2.45) is 0 Å². The van der Waals surface area contributed by atoms with E-state index in [1.54, 1.807) is 29.4 Å². The molecular weight excluding hydrogens is 382 g/mol. The highest BCUT2D eigenvalue weighted by Crippen LogP contribution is 2.31. The molecule has 0 saturated heterocycles. The van der Waals surface area contributed by atoms with E-state index in [-0.39, 0.29) is 11.9 Å². The lowest BCUT2D eigenvalue weighted by Crippen LogP contribution is -2.27. The molecule has 0 fully saturated rings. The van der Waals surface area contributed by atoms with Crippen molar-refractivity contribution in [2.45, 2.75) is 27.4 Å². The van der Waals surface area contributed by atoms with Gasteiger partial charge in [-0.25, -0.2) is 0 Å². The molecule has 0 saturated carbocycles. The number of furan rings is 1. The number of nitrogens with one attached hydrogen (secondary N) is 1. The summed E-state index contributed by atoms with van der Waals surface area (Å²) < 4.78 is 7.01. The minimum absolute atomic E-state index is 0.0492. The third kappa shape index (κ3) is 5.10. The number of rotatable bonds is 8. The summed E-state index contributed by atoms with van der Waals surface area (Å²) in [4.78, 5) is 13.3. The largest absolute Gasteiger partial charge is 0.467 e. The van der Waals surface area contributed by atoms with E-state index in [1.807, 2.05) is 25.1 Å². The Balaban J connectivity index is 1.42. The first-order valence-corrected chi connectivity index (χ1v) is 10.8. The highest BCUT2D eigenvalue weighted by molar-refractivity contribution is 8.03. The van der Waals surface area contributed by atoms with Gasteiger partial charge in [0.15, 0.2) is 8.68 Å². The lowest BCUT2D eigenvalue weighted by atomic mass is 10.2. The van der Waals surface area contributed by atoms with Gasteiger partial charge in [0.05, 0.1) is 18.1 Å². The van der Waals surface area contributed by atoms with Gasteiger partial charge in [-0.3, -0.25) is 4.79 Å². The molecule has 3 aromatic heterocycles. The standard InChI is InChI=1S/C15H15N3O2S4/c1-10(12-5-2-6-20-12)16-13(19)9-23-15-18-17-14(24-15)22-8-11-4-3-7-21-11/h2-7,10H,8-9H2,1H3,(H,16,19). The van der Waals surface area contributed by atoms with Crippen molar-refractivity contribution in [1.29, 1.82) is 0 Å². The summed E-state index contributed by atoms with van der Waals surface area (Å²) in [5, 5.41) is 13.3. The van der Waals surface area contributed by atoms with Crippen LogP contribution in [0.15, 0.2) is 49.0 Å². The van der Waals surface area contributed by atoms with Crippen molar-refractivity contribution >= 4 is 52.1 Å². The van der Waals surface area contributed by atoms with Gasteiger partial charge >= 0.3 is 0 Å². The van der Waals surface area contributed by atoms with E-state index < -0.39 is 0 Å². The van der Waals surface area contributed by atoms with Crippen LogP contribution in [0, 0.1) is 0 Å². The fourth-order valence-electron chi connectivity index (χ4n) is 1.86. The molecule has 0 radical (unpaired) electrons. The van der Waals surface area contributed by atoms with Crippen LogP contribution in [0.1, 0.15) is 23.6 Å². The van der Waals surface area contributed by atoms with Crippen molar-refractivity contribution in [3.8, 4) is 0 Å². The van der Waals surface area contributed by atoms with Gasteiger partial charge in [-0.05, 0) is 30.5 Å². The number of carbonyl (C=O) groups is 1. The average molecular weight is 398 g/mol. The molecule has 9 heteroatoms. The second-order valence-electron chi connectivity index (χ2n) is 4.80. The number of nitrogens with zero attached hydrogens (tertiary/aromatic N) is 2. The molecule has 24 heavy (non-hydrogen) atoms. The first kappa shape index (κ1) is 17.5. The molecule has 5 nitrogen and oxygen atoms in total. The third-order valence-electron chi connectivity index (χ3n) is 2.98. The summed E-state index contributed by atoms with van der Waals surface area (Å²) in [5.74, 6) is 1.91. The Morgan fingerprint density at radius 1 is 1.29 bits per heavy atom. The fraction of sp³-hybridized carbons (Fsp3) is 0.267. The van der Waals surface area contributed by atoms with Crippen molar-refractivity contribution in [1.82, 2.24) is 15.5 Å². The fourth-order valence-corrected chi connectivity index (χ4v) is 5.47. The Hall–Kier alpha value is -1.29. The van der Waals surface area contributed by atoms with Crippen molar-refractivity contribution in [3.05, 3.63) is 46.5 Å². The van der Waals surface area contributed by atoms with E-state index in [4.69, 9.17) is 4.42 Å². The summed E-state index contributed by atoms with van der Waals surface area (Å²) in [6.07, 6.45) is 1.60. The Bertz CT molecular complexity index is 756. The number of thiophene rings is 1. The summed E-state index contributed by atoms with van der Waals surface area (Å²) in [6, 6.07) is 7.67. The lowest BCUT2D eigenvalue weighted by Gasteiger charge is -2.10. The van der Waals surface area contributed by atoms with Gasteiger partial charge in [-0.2, -0.15) is 0 Å². The molecule has 1 atom stereocenters. The zero-order valence-electron chi connectivity index (χ0n) is 12.8. The number of hydrogen-bond donors (Lipinski definition) is 1. The molecule has 3 rings (SSSR count). The summed E-state index contributed by atoms with van der Waals surface area (Å²) in [6.45, 7) is 1.89. The highest BCUT2D eigenvalue weighted by Gasteiger charge is 2.13. The normalized spacial score (nSPS) is 12.2. The van der Waals surface area contributed by atoms with Crippen LogP contribution < -0.4 is 5.32 Å². The Morgan fingerprint density at radius 3 is 2.83 bits per heavy atom. The van der Waals surface area contributed by atoms with Crippen LogP contribution in [0.5, 0.6) is 0 Å². The molecule has 0 aliphatic carbocycles. The molecule has 1 amide bonds. The average Bonchev–Trinajstić information content (AvgIpc) is 3.33. The van der Waals surface area contributed by atoms with E-state index in [2.05, 4.69) is 27.0 Å². The van der Waals surface area contributed by atoms with E-state index in [0.29, 0.717) is 5.75 Å². The lowest BCUT2D eigenvalue weighted by molar-refractivity contribution is -0.119. The molecule has 0 spiro atoms. The summed E-state index contributed by atoms with van der Waals surface area (Å²) in [7, 11) is 0. The van der Waals surface area contributed by atoms with Crippen LogP contribution >= 0.6 is 46.2 Å². The molecular formula is C15H15N3O2S4. The van der Waals surface area contributed by atoms with Crippen LogP contribution in [-0.4, -0.2) is 21.9 Å². The van der Waals surface area contributed by atoms with Crippen molar-refractivity contribution in [3.63, 3.8) is 0 Å². The van der Waals surface area contributed by atoms with Gasteiger partial charge in [0.2, 0.25) is 5.91 Å². The van der Waals surface area contributed by atoms with E-state index in [9.17, 15) is 4.79 Å². The SMILES string of the molecule is CC(NC(=O)CSc1nnc(SCc2cccs2)s1)c1ccco1. The van der Waals surface area contributed by atoms with Gasteiger partial charge in [-0.15, -0.1) is 21.5 Å². The maximum Gasteiger partial charge on any atom is 0.231 e. The smallest absolute Gasteiger partial charge is 0.231 e. The zero-order chi connectivity index (χ0) is 16.8. The van der Waals surface area contributed by atoms with Crippen LogP contribution in [0.2, 0.25) is 0 Å². The first-order chi connectivity index (χ1) is 11.7. The maximum absolute atomic E-state index is 12.0. The zero-order valence-corrected chi connectivity index (χ0v) is 16.1. The minimum atomic E-state index is -0.139. The molecule has 0 aliphatic heterocycles. The predicted octanol–water partition coefficient (Wildman–Crippen LogP) is 4.45. The Morgan fingerprint density at radius 2 is 2.12 bits per heavy atom. The third-order valence-corrected chi connectivity index (χ3v) is 7.28. The van der Waals surface area contributed by atoms with E-state index in [1.165, 1.54) is 28.0 Å². The number of thioether (sulfide) groups is 2. The quantitative estimate of drug-likeness (QED) is 0.566. The predicted molar refractivity (Wildman–Crippen MR) is 99.8 cm³/mol. The number of hydrogen-bond acceptors (Lipinski definition) is 8. The molecule has 0 bridgehead atoms. The van der Waals surface area contributed by atoms with Crippen molar-refractivity contribution < 1.29 is 9.21 Å². The van der Waals surface area contributed by atoms with Gasteiger partial charge in [-0.1, -0.05) is 40.9 Å². The number of carbonyl (C=O) groups excluding carboxylic acids is 1. The van der Waals surface area contributed by atoms with Crippen LogP contribution in [-0.2, 0) is 10.5 Å². The molecule has 0 aromatic carbocycles. The van der Waals surface area contributed by atoms with Crippen molar-refractivity contribution in [2.75, 3.05) is 5.75 Å².